The van der Waals surface area contributed by atoms with Crippen molar-refractivity contribution in [1.82, 2.24) is 5.32 Å². The lowest BCUT2D eigenvalue weighted by atomic mass is 9.78. The van der Waals surface area contributed by atoms with Crippen LogP contribution >= 0.6 is 0 Å². The maximum absolute atomic E-state index is 3.96. The second-order valence-corrected chi connectivity index (χ2v) is 9.06. The summed E-state index contributed by atoms with van der Waals surface area (Å²) < 4.78 is 0. The molecule has 1 nitrogen and oxygen atoms in total. The minimum Gasteiger partial charge on any atom is -0.304 e. The Labute approximate surface area is 125 Å². The molecule has 1 aromatic carbocycles. The van der Waals surface area contributed by atoms with Crippen LogP contribution in [0.3, 0.4) is 0 Å². The Hall–Kier alpha value is -0.820. The summed E-state index contributed by atoms with van der Waals surface area (Å²) in [6.45, 7) is 16.4. The van der Waals surface area contributed by atoms with E-state index in [9.17, 15) is 0 Å². The molecule has 1 aromatic rings. The van der Waals surface area contributed by atoms with Crippen LogP contribution in [0.1, 0.15) is 72.1 Å². The predicted octanol–water partition coefficient (Wildman–Crippen LogP) is 5.11. The van der Waals surface area contributed by atoms with Gasteiger partial charge in [0.1, 0.15) is 0 Å². The van der Waals surface area contributed by atoms with Crippen LogP contribution in [0, 0.1) is 10.8 Å². The molecule has 0 bridgehead atoms. The fourth-order valence-electron chi connectivity index (χ4n) is 4.03. The van der Waals surface area contributed by atoms with Gasteiger partial charge in [0.2, 0.25) is 0 Å². The first-order chi connectivity index (χ1) is 9.00. The molecule has 0 saturated heterocycles. The van der Waals surface area contributed by atoms with Gasteiger partial charge in [-0.2, -0.15) is 0 Å². The van der Waals surface area contributed by atoms with Gasteiger partial charge >= 0.3 is 0 Å². The van der Waals surface area contributed by atoms with Gasteiger partial charge in [-0.1, -0.05) is 58.9 Å². The van der Waals surface area contributed by atoms with Gasteiger partial charge in [0, 0.05) is 11.6 Å². The second-order valence-electron chi connectivity index (χ2n) is 9.06. The number of hydrogen-bond donors (Lipinski definition) is 1. The lowest BCUT2D eigenvalue weighted by Crippen LogP contribution is -2.47. The first kappa shape index (κ1) is 15.6. The van der Waals surface area contributed by atoms with E-state index < -0.39 is 0 Å². The summed E-state index contributed by atoms with van der Waals surface area (Å²) in [5.74, 6) is 0. The summed E-state index contributed by atoms with van der Waals surface area (Å²) in [4.78, 5) is 0. The van der Waals surface area contributed by atoms with Gasteiger partial charge in [0.25, 0.3) is 0 Å². The van der Waals surface area contributed by atoms with E-state index in [1.165, 1.54) is 24.0 Å². The van der Waals surface area contributed by atoms with E-state index >= 15 is 0 Å². The summed E-state index contributed by atoms with van der Waals surface area (Å²) in [6, 6.07) is 9.38. The molecule has 20 heavy (non-hydrogen) atoms. The van der Waals surface area contributed by atoms with Crippen molar-refractivity contribution in [2.24, 2.45) is 10.8 Å². The average molecular weight is 273 g/mol. The molecule has 0 saturated carbocycles. The van der Waals surface area contributed by atoms with Gasteiger partial charge in [-0.15, -0.1) is 0 Å². The quantitative estimate of drug-likeness (QED) is 0.806. The summed E-state index contributed by atoms with van der Waals surface area (Å²) in [5, 5.41) is 3.96. The van der Waals surface area contributed by atoms with E-state index in [0.29, 0.717) is 16.9 Å². The Morgan fingerprint density at radius 1 is 1.10 bits per heavy atom. The van der Waals surface area contributed by atoms with Crippen molar-refractivity contribution in [3.05, 3.63) is 35.4 Å². The monoisotopic (exact) mass is 273 g/mol. The van der Waals surface area contributed by atoms with Crippen LogP contribution in [0.4, 0.5) is 0 Å². The largest absolute Gasteiger partial charge is 0.304 e. The molecule has 1 atom stereocenters. The summed E-state index contributed by atoms with van der Waals surface area (Å²) in [6.07, 6.45) is 2.35. The zero-order valence-corrected chi connectivity index (χ0v) is 14.3. The van der Waals surface area contributed by atoms with Crippen LogP contribution in [-0.4, -0.2) is 5.54 Å². The molecular formula is C19H31N. The number of rotatable bonds is 3. The van der Waals surface area contributed by atoms with Crippen molar-refractivity contribution >= 4 is 0 Å². The Morgan fingerprint density at radius 3 is 2.30 bits per heavy atom. The van der Waals surface area contributed by atoms with E-state index in [1.54, 1.807) is 0 Å². The lowest BCUT2D eigenvalue weighted by molar-refractivity contribution is 0.170. The number of fused-ring (bicyclic) bond motifs is 1. The first-order valence-corrected chi connectivity index (χ1v) is 7.86. The highest BCUT2D eigenvalue weighted by Gasteiger charge is 2.41. The highest BCUT2D eigenvalue weighted by molar-refractivity contribution is 5.37. The molecular weight excluding hydrogens is 242 g/mol. The van der Waals surface area contributed by atoms with Crippen molar-refractivity contribution in [3.63, 3.8) is 0 Å². The standard InChI is InChI=1S/C19H31N/c1-17(2,3)13-19(6,7)20-16-15-11-9-8-10-14(15)12-18(16,4)5/h8-11,16,20H,12-13H2,1-7H3. The molecule has 112 valence electrons. The van der Waals surface area contributed by atoms with Gasteiger partial charge < -0.3 is 5.32 Å². The molecule has 0 aliphatic heterocycles. The van der Waals surface area contributed by atoms with Crippen molar-refractivity contribution in [3.8, 4) is 0 Å². The fraction of sp³-hybridized carbons (Fsp3) is 0.684. The van der Waals surface area contributed by atoms with Crippen molar-refractivity contribution in [2.75, 3.05) is 0 Å². The van der Waals surface area contributed by atoms with E-state index in [2.05, 4.69) is 78.0 Å². The maximum Gasteiger partial charge on any atom is 0.0382 e. The Bertz CT molecular complexity index is 477. The topological polar surface area (TPSA) is 12.0 Å². The van der Waals surface area contributed by atoms with Crippen molar-refractivity contribution in [1.29, 1.82) is 0 Å². The molecule has 0 radical (unpaired) electrons. The second kappa shape index (κ2) is 4.87. The van der Waals surface area contributed by atoms with Crippen LogP contribution in [0.5, 0.6) is 0 Å². The van der Waals surface area contributed by atoms with E-state index in [4.69, 9.17) is 0 Å². The van der Waals surface area contributed by atoms with Gasteiger partial charge in [-0.3, -0.25) is 0 Å². The van der Waals surface area contributed by atoms with Crippen molar-refractivity contribution < 1.29 is 0 Å². The van der Waals surface area contributed by atoms with Gasteiger partial charge in [-0.05, 0) is 48.6 Å². The van der Waals surface area contributed by atoms with Crippen LogP contribution in [0.25, 0.3) is 0 Å². The third-order valence-corrected chi connectivity index (χ3v) is 4.30. The summed E-state index contributed by atoms with van der Waals surface area (Å²) in [5.41, 5.74) is 3.80. The molecule has 0 heterocycles. The smallest absolute Gasteiger partial charge is 0.0382 e. The summed E-state index contributed by atoms with van der Waals surface area (Å²) in [7, 11) is 0. The Kier molecular flexibility index (Phi) is 3.79. The van der Waals surface area contributed by atoms with Gasteiger partial charge in [0.15, 0.2) is 0 Å². The average Bonchev–Trinajstić information content (AvgIpc) is 2.46. The molecule has 1 heteroatoms. The molecule has 1 aliphatic carbocycles. The zero-order chi connectivity index (χ0) is 15.2. The first-order valence-electron chi connectivity index (χ1n) is 7.86. The minimum absolute atomic E-state index is 0.150. The molecule has 0 spiro atoms. The zero-order valence-electron chi connectivity index (χ0n) is 14.3. The molecule has 1 N–H and O–H groups in total. The van der Waals surface area contributed by atoms with Gasteiger partial charge in [-0.25, -0.2) is 0 Å². The maximum atomic E-state index is 3.96. The van der Waals surface area contributed by atoms with E-state index in [0.717, 1.165) is 0 Å². The van der Waals surface area contributed by atoms with Gasteiger partial charge in [0.05, 0.1) is 0 Å². The van der Waals surface area contributed by atoms with Crippen LogP contribution in [0.2, 0.25) is 0 Å². The molecule has 2 rings (SSSR count). The number of benzene rings is 1. The molecule has 1 aliphatic rings. The minimum atomic E-state index is 0.150. The van der Waals surface area contributed by atoms with Crippen LogP contribution < -0.4 is 5.32 Å². The van der Waals surface area contributed by atoms with E-state index in [-0.39, 0.29) is 5.54 Å². The highest BCUT2D eigenvalue weighted by atomic mass is 15.0. The highest BCUT2D eigenvalue weighted by Crippen LogP contribution is 2.46. The summed E-state index contributed by atoms with van der Waals surface area (Å²) >= 11 is 0. The van der Waals surface area contributed by atoms with Crippen molar-refractivity contribution in [2.45, 2.75) is 72.9 Å². The fourth-order valence-corrected chi connectivity index (χ4v) is 4.03. The number of hydrogen-bond acceptors (Lipinski definition) is 1. The Morgan fingerprint density at radius 2 is 1.70 bits per heavy atom. The number of nitrogens with one attached hydrogen (secondary N) is 1. The van der Waals surface area contributed by atoms with E-state index in [1.807, 2.05) is 0 Å². The molecule has 1 unspecified atom stereocenters. The normalized spacial score (nSPS) is 21.9. The Balaban J connectivity index is 2.24. The molecule has 0 fully saturated rings. The molecule has 0 aromatic heterocycles. The van der Waals surface area contributed by atoms with Crippen LogP contribution in [0.15, 0.2) is 24.3 Å². The van der Waals surface area contributed by atoms with Crippen LogP contribution in [-0.2, 0) is 6.42 Å². The third-order valence-electron chi connectivity index (χ3n) is 4.30. The predicted molar refractivity (Wildman–Crippen MR) is 88.0 cm³/mol. The third kappa shape index (κ3) is 3.44. The molecule has 0 amide bonds. The lowest BCUT2D eigenvalue weighted by Gasteiger charge is -2.40. The SMILES string of the molecule is CC(C)(C)CC(C)(C)NC1c2ccccc2CC1(C)C.